The van der Waals surface area contributed by atoms with Crippen LogP contribution in [0.3, 0.4) is 0 Å². The highest BCUT2D eigenvalue weighted by Crippen LogP contribution is 2.27. The highest BCUT2D eigenvalue weighted by atomic mass is 16.5. The van der Waals surface area contributed by atoms with E-state index in [9.17, 15) is 9.59 Å². The van der Waals surface area contributed by atoms with Gasteiger partial charge < -0.3 is 14.7 Å². The van der Waals surface area contributed by atoms with Crippen LogP contribution in [0.4, 0.5) is 0 Å². The minimum Gasteiger partial charge on any atom is -0.490 e. The van der Waals surface area contributed by atoms with Gasteiger partial charge >= 0.3 is 5.97 Å². The van der Waals surface area contributed by atoms with E-state index in [0.29, 0.717) is 25.4 Å². The average Bonchev–Trinajstić information content (AvgIpc) is 2.49. The van der Waals surface area contributed by atoms with Crippen molar-refractivity contribution in [3.63, 3.8) is 0 Å². The van der Waals surface area contributed by atoms with E-state index in [0.717, 1.165) is 5.56 Å². The van der Waals surface area contributed by atoms with Crippen LogP contribution in [0.2, 0.25) is 0 Å². The second-order valence-corrected chi connectivity index (χ2v) is 3.89. The number of carboxylic acid groups (broad SMARTS) is 1. The lowest BCUT2D eigenvalue weighted by molar-refractivity contribution is -0.129. The minimum atomic E-state index is -1.02. The molecule has 0 saturated heterocycles. The van der Waals surface area contributed by atoms with Crippen LogP contribution in [0.5, 0.6) is 5.75 Å². The van der Waals surface area contributed by atoms with E-state index in [1.807, 2.05) is 0 Å². The molecule has 0 fully saturated rings. The Morgan fingerprint density at radius 3 is 2.82 bits per heavy atom. The monoisotopic (exact) mass is 235 g/mol. The van der Waals surface area contributed by atoms with E-state index in [4.69, 9.17) is 9.84 Å². The zero-order valence-corrected chi connectivity index (χ0v) is 9.47. The van der Waals surface area contributed by atoms with Crippen molar-refractivity contribution in [1.82, 2.24) is 4.90 Å². The molecule has 1 aromatic carbocycles. The largest absolute Gasteiger partial charge is 0.490 e. The number of rotatable bonds is 1. The third-order valence-electron chi connectivity index (χ3n) is 2.74. The van der Waals surface area contributed by atoms with Gasteiger partial charge in [-0.1, -0.05) is 12.1 Å². The summed E-state index contributed by atoms with van der Waals surface area (Å²) in [5, 5.41) is 9.05. The van der Waals surface area contributed by atoms with Crippen molar-refractivity contribution >= 4 is 11.9 Å². The zero-order chi connectivity index (χ0) is 12.4. The van der Waals surface area contributed by atoms with Crippen molar-refractivity contribution in [2.75, 3.05) is 13.2 Å². The molecule has 0 atom stereocenters. The van der Waals surface area contributed by atoms with Gasteiger partial charge in [0.25, 0.3) is 0 Å². The SMILES string of the molecule is CC(=O)N1CCOc2c(cccc2C(=O)O)C1. The Kier molecular flexibility index (Phi) is 2.99. The highest BCUT2D eigenvalue weighted by molar-refractivity contribution is 5.91. The van der Waals surface area contributed by atoms with E-state index >= 15 is 0 Å². The van der Waals surface area contributed by atoms with Gasteiger partial charge in [0.2, 0.25) is 5.91 Å². The van der Waals surface area contributed by atoms with Crippen molar-refractivity contribution in [3.8, 4) is 5.75 Å². The topological polar surface area (TPSA) is 66.8 Å². The lowest BCUT2D eigenvalue weighted by Crippen LogP contribution is -2.30. The molecule has 1 aliphatic rings. The van der Waals surface area contributed by atoms with Gasteiger partial charge in [0.05, 0.1) is 6.54 Å². The number of benzene rings is 1. The third-order valence-corrected chi connectivity index (χ3v) is 2.74. The molecular formula is C12H13NO4. The maximum atomic E-state index is 11.3. The molecular weight excluding hydrogens is 222 g/mol. The molecule has 1 amide bonds. The predicted molar refractivity (Wildman–Crippen MR) is 60.0 cm³/mol. The van der Waals surface area contributed by atoms with Gasteiger partial charge in [-0.25, -0.2) is 4.79 Å². The van der Waals surface area contributed by atoms with Gasteiger partial charge in [0.15, 0.2) is 0 Å². The summed E-state index contributed by atoms with van der Waals surface area (Å²) in [5.41, 5.74) is 0.880. The van der Waals surface area contributed by atoms with Crippen molar-refractivity contribution in [3.05, 3.63) is 29.3 Å². The number of amides is 1. The van der Waals surface area contributed by atoms with Gasteiger partial charge in [-0.15, -0.1) is 0 Å². The van der Waals surface area contributed by atoms with Crippen LogP contribution in [-0.4, -0.2) is 35.0 Å². The lowest BCUT2D eigenvalue weighted by Gasteiger charge is -2.17. The first-order chi connectivity index (χ1) is 8.09. The fourth-order valence-electron chi connectivity index (χ4n) is 1.86. The van der Waals surface area contributed by atoms with Crippen LogP contribution in [0.1, 0.15) is 22.8 Å². The molecule has 90 valence electrons. The van der Waals surface area contributed by atoms with Crippen LogP contribution >= 0.6 is 0 Å². The maximum absolute atomic E-state index is 11.3. The Hall–Kier alpha value is -2.04. The Morgan fingerprint density at radius 1 is 1.41 bits per heavy atom. The summed E-state index contributed by atoms with van der Waals surface area (Å²) in [6, 6.07) is 4.95. The molecule has 1 aliphatic heterocycles. The van der Waals surface area contributed by atoms with Crippen LogP contribution in [0.25, 0.3) is 0 Å². The molecule has 2 rings (SSSR count). The summed E-state index contributed by atoms with van der Waals surface area (Å²) in [5.74, 6) is -0.677. The van der Waals surface area contributed by atoms with Gasteiger partial charge in [-0.2, -0.15) is 0 Å². The Morgan fingerprint density at radius 2 is 2.18 bits per heavy atom. The summed E-state index contributed by atoms with van der Waals surface area (Å²) in [6.45, 7) is 2.68. The smallest absolute Gasteiger partial charge is 0.339 e. The van der Waals surface area contributed by atoms with Crippen molar-refractivity contribution in [2.24, 2.45) is 0 Å². The van der Waals surface area contributed by atoms with E-state index in [1.54, 1.807) is 17.0 Å². The first-order valence-electron chi connectivity index (χ1n) is 5.33. The number of carbonyl (C=O) groups is 2. The Labute approximate surface area is 98.6 Å². The third kappa shape index (κ3) is 2.22. The number of hydrogen-bond acceptors (Lipinski definition) is 3. The van der Waals surface area contributed by atoms with Crippen LogP contribution < -0.4 is 4.74 Å². The standard InChI is InChI=1S/C12H13NO4/c1-8(14)13-5-6-17-11-9(7-13)3-2-4-10(11)12(15)16/h2-4H,5-7H2,1H3,(H,15,16). The lowest BCUT2D eigenvalue weighted by atomic mass is 10.1. The summed E-state index contributed by atoms with van der Waals surface area (Å²) >= 11 is 0. The molecule has 0 aliphatic carbocycles. The number of fused-ring (bicyclic) bond motifs is 1. The number of carbonyl (C=O) groups excluding carboxylic acids is 1. The van der Waals surface area contributed by atoms with E-state index in [-0.39, 0.29) is 11.5 Å². The number of aromatic carboxylic acids is 1. The summed E-state index contributed by atoms with van der Waals surface area (Å²) in [6.07, 6.45) is 0. The molecule has 5 nitrogen and oxygen atoms in total. The van der Waals surface area contributed by atoms with Crippen molar-refractivity contribution in [2.45, 2.75) is 13.5 Å². The van der Waals surface area contributed by atoms with Gasteiger partial charge in [-0.3, -0.25) is 4.79 Å². The molecule has 1 heterocycles. The van der Waals surface area contributed by atoms with Crippen molar-refractivity contribution in [1.29, 1.82) is 0 Å². The maximum Gasteiger partial charge on any atom is 0.339 e. The summed E-state index contributed by atoms with van der Waals surface area (Å²) in [4.78, 5) is 24.0. The van der Waals surface area contributed by atoms with Crippen LogP contribution in [0.15, 0.2) is 18.2 Å². The fraction of sp³-hybridized carbons (Fsp3) is 0.333. The number of carboxylic acids is 1. The molecule has 0 spiro atoms. The highest BCUT2D eigenvalue weighted by Gasteiger charge is 2.21. The first kappa shape index (κ1) is 11.4. The first-order valence-corrected chi connectivity index (χ1v) is 5.33. The van der Waals surface area contributed by atoms with Gasteiger partial charge in [0.1, 0.15) is 17.9 Å². The Bertz CT molecular complexity index is 470. The van der Waals surface area contributed by atoms with E-state index in [1.165, 1.54) is 13.0 Å². The number of para-hydroxylation sites is 1. The van der Waals surface area contributed by atoms with Crippen LogP contribution in [-0.2, 0) is 11.3 Å². The molecule has 5 heteroatoms. The molecule has 17 heavy (non-hydrogen) atoms. The molecule has 0 bridgehead atoms. The quantitative estimate of drug-likeness (QED) is 0.792. The molecule has 0 saturated carbocycles. The number of hydrogen-bond donors (Lipinski definition) is 1. The summed E-state index contributed by atoms with van der Waals surface area (Å²) < 4.78 is 5.45. The zero-order valence-electron chi connectivity index (χ0n) is 9.47. The molecule has 1 aromatic rings. The minimum absolute atomic E-state index is 0.0396. The van der Waals surface area contributed by atoms with E-state index < -0.39 is 5.97 Å². The van der Waals surface area contributed by atoms with E-state index in [2.05, 4.69) is 0 Å². The summed E-state index contributed by atoms with van der Waals surface area (Å²) in [7, 11) is 0. The Balaban J connectivity index is 2.41. The predicted octanol–water partition coefficient (Wildman–Crippen LogP) is 1.13. The number of ether oxygens (including phenoxy) is 1. The van der Waals surface area contributed by atoms with Crippen LogP contribution in [0, 0.1) is 0 Å². The second-order valence-electron chi connectivity index (χ2n) is 3.89. The van der Waals surface area contributed by atoms with Crippen molar-refractivity contribution < 1.29 is 19.4 Å². The molecule has 0 radical (unpaired) electrons. The van der Waals surface area contributed by atoms with Gasteiger partial charge in [0, 0.05) is 19.0 Å². The normalized spacial score (nSPS) is 14.5. The molecule has 1 N–H and O–H groups in total. The average molecular weight is 235 g/mol. The van der Waals surface area contributed by atoms with Gasteiger partial charge in [-0.05, 0) is 6.07 Å². The fourth-order valence-corrected chi connectivity index (χ4v) is 1.86. The molecule has 0 aromatic heterocycles. The molecule has 0 unspecified atom stereocenters. The second kappa shape index (κ2) is 4.45. The number of nitrogens with zero attached hydrogens (tertiary/aromatic N) is 1.